The van der Waals surface area contributed by atoms with E-state index in [0.717, 1.165) is 73.0 Å². The van der Waals surface area contributed by atoms with Crippen molar-refractivity contribution in [2.24, 2.45) is 5.73 Å². The Balaban J connectivity index is 1.16. The molecule has 0 unspecified atom stereocenters. The number of aromatic nitrogens is 1. The summed E-state index contributed by atoms with van der Waals surface area (Å²) < 4.78 is 16.3. The highest BCUT2D eigenvalue weighted by atomic mass is 35.5. The highest BCUT2D eigenvalue weighted by Gasteiger charge is 2.27. The van der Waals surface area contributed by atoms with Crippen LogP contribution in [0.15, 0.2) is 42.5 Å². The fourth-order valence-electron chi connectivity index (χ4n) is 5.85. The molecule has 2 N–H and O–H groups in total. The molecule has 42 heavy (non-hydrogen) atoms. The normalized spacial score (nSPS) is 16.6. The van der Waals surface area contributed by atoms with Crippen molar-refractivity contribution in [2.45, 2.75) is 6.42 Å². The summed E-state index contributed by atoms with van der Waals surface area (Å²) in [7, 11) is 1.40. The van der Waals surface area contributed by atoms with Crippen LogP contribution in [-0.2, 0) is 15.9 Å². The summed E-state index contributed by atoms with van der Waals surface area (Å²) in [6, 6.07) is 13.7. The molecule has 220 valence electrons. The number of morpholine rings is 1. The third-order valence-corrected chi connectivity index (χ3v) is 8.47. The summed E-state index contributed by atoms with van der Waals surface area (Å²) in [6.45, 7) is 7.10. The molecule has 2 fully saturated rings. The number of halogens is 1. The average Bonchev–Trinajstić information content (AvgIpc) is 3.39. The van der Waals surface area contributed by atoms with E-state index < -0.39 is 5.91 Å². The van der Waals surface area contributed by atoms with Crippen molar-refractivity contribution in [3.63, 3.8) is 0 Å². The number of benzene rings is 2. The predicted octanol–water partition coefficient (Wildman–Crippen LogP) is 3.67. The van der Waals surface area contributed by atoms with Crippen LogP contribution in [0.1, 0.15) is 21.5 Å². The zero-order valence-corrected chi connectivity index (χ0v) is 24.4. The van der Waals surface area contributed by atoms with Crippen molar-refractivity contribution in [2.75, 3.05) is 77.6 Å². The fraction of sp³-hybridized carbons (Fsp3) is 0.387. The van der Waals surface area contributed by atoms with Gasteiger partial charge in [0.05, 0.1) is 36.7 Å². The summed E-state index contributed by atoms with van der Waals surface area (Å²) >= 11 is 6.63. The number of ether oxygens (including phenoxy) is 3. The molecule has 3 aromatic rings. The number of carbonyl (C=O) groups excluding carboxylic acids is 2. The van der Waals surface area contributed by atoms with Gasteiger partial charge in [-0.05, 0) is 47.5 Å². The van der Waals surface area contributed by atoms with Crippen molar-refractivity contribution in [3.8, 4) is 28.3 Å². The minimum Gasteiger partial charge on any atom is -0.491 e. The van der Waals surface area contributed by atoms with Crippen LogP contribution in [0, 0.1) is 0 Å². The molecular formula is C31H34ClN5O5. The largest absolute Gasteiger partial charge is 0.491 e. The first kappa shape index (κ1) is 28.3. The number of anilines is 1. The Labute approximate surface area is 249 Å². The van der Waals surface area contributed by atoms with Gasteiger partial charge in [-0.25, -0.2) is 9.78 Å². The number of primary amides is 1. The third-order valence-electron chi connectivity index (χ3n) is 8.17. The molecule has 1 aromatic heterocycles. The van der Waals surface area contributed by atoms with E-state index in [1.54, 1.807) is 11.0 Å². The Hall–Kier alpha value is -3.86. The van der Waals surface area contributed by atoms with Gasteiger partial charge in [0.25, 0.3) is 0 Å². The first-order valence-electron chi connectivity index (χ1n) is 14.2. The van der Waals surface area contributed by atoms with Crippen molar-refractivity contribution in [1.29, 1.82) is 0 Å². The SMILES string of the molecule is COC(=O)N1CCN(CCOc2ccc(-c3cc(C(N)=O)c4c(n3)-c3ccc(N5CCOCC5)cc3C4)cc2Cl)CC1. The van der Waals surface area contributed by atoms with Gasteiger partial charge in [-0.2, -0.15) is 0 Å². The number of amides is 2. The lowest BCUT2D eigenvalue weighted by Gasteiger charge is -2.33. The van der Waals surface area contributed by atoms with Gasteiger partial charge in [0.15, 0.2) is 0 Å². The predicted molar refractivity (Wildman–Crippen MR) is 160 cm³/mol. The molecule has 0 bridgehead atoms. The summed E-state index contributed by atoms with van der Waals surface area (Å²) in [5, 5.41) is 0.460. The fourth-order valence-corrected chi connectivity index (χ4v) is 6.09. The molecule has 0 radical (unpaired) electrons. The maximum absolute atomic E-state index is 12.5. The Kier molecular flexibility index (Phi) is 8.19. The van der Waals surface area contributed by atoms with Crippen LogP contribution in [0.3, 0.4) is 0 Å². The standard InChI is InChI=1S/C31H34ClN5O5/c1-40-31(39)37-8-6-35(7-9-37)10-15-42-28-5-2-20(18-26(28)32)27-19-25(30(33)38)24-17-21-16-22(36-11-13-41-14-12-36)3-4-23(21)29(24)34-27/h2-5,16,18-19H,6-15,17H2,1H3,(H2,33,38). The maximum atomic E-state index is 12.5. The molecule has 0 spiro atoms. The molecule has 10 nitrogen and oxygen atoms in total. The number of hydrogen-bond donors (Lipinski definition) is 1. The Morgan fingerprint density at radius 1 is 1.02 bits per heavy atom. The van der Waals surface area contributed by atoms with Gasteiger partial charge in [0.2, 0.25) is 5.91 Å². The van der Waals surface area contributed by atoms with E-state index in [9.17, 15) is 9.59 Å². The Morgan fingerprint density at radius 2 is 1.81 bits per heavy atom. The summed E-state index contributed by atoms with van der Waals surface area (Å²) in [4.78, 5) is 35.5. The average molecular weight is 592 g/mol. The van der Waals surface area contributed by atoms with Crippen LogP contribution in [0.2, 0.25) is 5.02 Å². The number of methoxy groups -OCH3 is 1. The highest BCUT2D eigenvalue weighted by molar-refractivity contribution is 6.32. The number of nitrogens with zero attached hydrogens (tertiary/aromatic N) is 4. The van der Waals surface area contributed by atoms with Gasteiger partial charge in [-0.3, -0.25) is 9.69 Å². The molecule has 2 aliphatic heterocycles. The number of hydrogen-bond acceptors (Lipinski definition) is 8. The number of pyridine rings is 1. The second-order valence-corrected chi connectivity index (χ2v) is 11.1. The van der Waals surface area contributed by atoms with Crippen LogP contribution >= 0.6 is 11.6 Å². The van der Waals surface area contributed by atoms with Gasteiger partial charge < -0.3 is 29.7 Å². The quantitative estimate of drug-likeness (QED) is 0.347. The van der Waals surface area contributed by atoms with Crippen molar-refractivity contribution < 1.29 is 23.8 Å². The van der Waals surface area contributed by atoms with Gasteiger partial charge in [0.1, 0.15) is 12.4 Å². The van der Waals surface area contributed by atoms with Gasteiger partial charge >= 0.3 is 6.09 Å². The Bertz CT molecular complexity index is 1500. The highest BCUT2D eigenvalue weighted by Crippen LogP contribution is 2.41. The lowest BCUT2D eigenvalue weighted by Crippen LogP contribution is -2.49. The topological polar surface area (TPSA) is 110 Å². The van der Waals surface area contributed by atoms with Crippen LogP contribution in [0.25, 0.3) is 22.5 Å². The summed E-state index contributed by atoms with van der Waals surface area (Å²) in [6.07, 6.45) is 0.320. The zero-order chi connectivity index (χ0) is 29.2. The second-order valence-electron chi connectivity index (χ2n) is 10.7. The van der Waals surface area contributed by atoms with Gasteiger partial charge in [0, 0.05) is 74.6 Å². The van der Waals surface area contributed by atoms with Crippen LogP contribution in [-0.4, -0.2) is 99.5 Å². The van der Waals surface area contributed by atoms with Gasteiger partial charge in [-0.15, -0.1) is 0 Å². The molecule has 6 rings (SSSR count). The van der Waals surface area contributed by atoms with Crippen LogP contribution < -0.4 is 15.4 Å². The number of piperazine rings is 1. The van der Waals surface area contributed by atoms with Gasteiger partial charge in [-0.1, -0.05) is 17.7 Å². The van der Waals surface area contributed by atoms with E-state index in [0.29, 0.717) is 54.7 Å². The molecule has 0 atom stereocenters. The summed E-state index contributed by atoms with van der Waals surface area (Å²) in [5.74, 6) is 0.0977. The summed E-state index contributed by atoms with van der Waals surface area (Å²) in [5.41, 5.74) is 12.7. The van der Waals surface area contributed by atoms with Crippen molar-refractivity contribution >= 4 is 29.3 Å². The number of rotatable bonds is 7. The van der Waals surface area contributed by atoms with E-state index in [4.69, 9.17) is 36.5 Å². The molecule has 2 aromatic carbocycles. The second kappa shape index (κ2) is 12.2. The minimum absolute atomic E-state index is 0.291. The van der Waals surface area contributed by atoms with E-state index >= 15 is 0 Å². The van der Waals surface area contributed by atoms with E-state index in [2.05, 4.69) is 28.0 Å². The van der Waals surface area contributed by atoms with Crippen LogP contribution in [0.4, 0.5) is 10.5 Å². The molecule has 3 aliphatic rings. The molecule has 11 heteroatoms. The molecule has 3 heterocycles. The number of fused-ring (bicyclic) bond motifs is 3. The number of carbonyl (C=O) groups is 2. The third kappa shape index (κ3) is 5.74. The van der Waals surface area contributed by atoms with Crippen molar-refractivity contribution in [3.05, 3.63) is 64.2 Å². The molecule has 2 amide bonds. The molecule has 1 aliphatic carbocycles. The van der Waals surface area contributed by atoms with E-state index in [1.807, 2.05) is 18.2 Å². The molecule has 0 saturated carbocycles. The lowest BCUT2D eigenvalue weighted by atomic mass is 10.0. The lowest BCUT2D eigenvalue weighted by molar-refractivity contribution is 0.0859. The molecule has 2 saturated heterocycles. The van der Waals surface area contributed by atoms with Crippen molar-refractivity contribution in [1.82, 2.24) is 14.8 Å². The first-order chi connectivity index (χ1) is 20.4. The smallest absolute Gasteiger partial charge is 0.409 e. The van der Waals surface area contributed by atoms with Crippen LogP contribution in [0.5, 0.6) is 5.75 Å². The van der Waals surface area contributed by atoms with E-state index in [-0.39, 0.29) is 6.09 Å². The monoisotopic (exact) mass is 591 g/mol. The minimum atomic E-state index is -0.477. The Morgan fingerprint density at radius 3 is 2.52 bits per heavy atom. The first-order valence-corrected chi connectivity index (χ1v) is 14.6. The van der Waals surface area contributed by atoms with E-state index in [1.165, 1.54) is 7.11 Å². The number of nitrogens with two attached hydrogens (primary N) is 1. The molecular weight excluding hydrogens is 558 g/mol. The maximum Gasteiger partial charge on any atom is 0.409 e. The zero-order valence-electron chi connectivity index (χ0n) is 23.6.